The minimum absolute atomic E-state index is 0.123. The molecular weight excluding hydrogens is 388 g/mol. The molecule has 1 aromatic carbocycles. The first-order chi connectivity index (χ1) is 13.3. The van der Waals surface area contributed by atoms with Gasteiger partial charge in [0.05, 0.1) is 4.90 Å². The lowest BCUT2D eigenvalue weighted by molar-refractivity contribution is -0.123. The normalized spacial score (nSPS) is 13.3. The van der Waals surface area contributed by atoms with Crippen molar-refractivity contribution in [1.29, 1.82) is 0 Å². The molecule has 1 aliphatic heterocycles. The Balaban J connectivity index is 1.69. The molecule has 0 aliphatic carbocycles. The molecule has 0 saturated carbocycles. The van der Waals surface area contributed by atoms with Crippen LogP contribution in [0.2, 0.25) is 0 Å². The second-order valence-electron chi connectivity index (χ2n) is 5.83. The molecule has 0 radical (unpaired) electrons. The number of carbonyl (C=O) groups excluding carboxylic acids is 3. The van der Waals surface area contributed by atoms with Crippen molar-refractivity contribution in [1.82, 2.24) is 9.71 Å². The number of rotatable bonds is 5. The average Bonchev–Trinajstić information content (AvgIpc) is 2.63. The number of hydrogen-bond donors (Lipinski definition) is 2. The van der Waals surface area contributed by atoms with Crippen LogP contribution in [-0.2, 0) is 24.4 Å². The Bertz CT molecular complexity index is 1040. The van der Waals surface area contributed by atoms with Crippen LogP contribution in [0, 0.1) is 0 Å². The molecule has 1 aliphatic rings. The third-order valence-electron chi connectivity index (χ3n) is 3.69. The zero-order valence-corrected chi connectivity index (χ0v) is 15.5. The molecule has 3 amide bonds. The Morgan fingerprint density at radius 1 is 1.21 bits per heavy atom. The van der Waals surface area contributed by atoms with Gasteiger partial charge in [-0.25, -0.2) is 18.1 Å². The van der Waals surface area contributed by atoms with Gasteiger partial charge in [0.25, 0.3) is 15.9 Å². The highest BCUT2D eigenvalue weighted by Gasteiger charge is 2.28. The number of pyridine rings is 1. The van der Waals surface area contributed by atoms with Gasteiger partial charge in [0.15, 0.2) is 18.2 Å². The molecule has 2 aromatic rings. The van der Waals surface area contributed by atoms with E-state index in [1.807, 2.05) is 4.72 Å². The molecule has 1 aromatic heterocycles. The summed E-state index contributed by atoms with van der Waals surface area (Å²) >= 11 is 0. The van der Waals surface area contributed by atoms with Gasteiger partial charge in [-0.05, 0) is 36.4 Å². The fraction of sp³-hybridized carbons (Fsp3) is 0.176. The summed E-state index contributed by atoms with van der Waals surface area (Å²) in [7, 11) is -3.96. The molecule has 2 N–H and O–H groups in total. The van der Waals surface area contributed by atoms with Crippen molar-refractivity contribution in [3.8, 4) is 5.75 Å². The van der Waals surface area contributed by atoms with E-state index in [0.717, 1.165) is 6.92 Å². The summed E-state index contributed by atoms with van der Waals surface area (Å²) in [6, 6.07) is 8.55. The van der Waals surface area contributed by atoms with E-state index in [2.05, 4.69) is 10.3 Å². The number of amides is 3. The van der Waals surface area contributed by atoms with Gasteiger partial charge in [-0.15, -0.1) is 0 Å². The van der Waals surface area contributed by atoms with Crippen LogP contribution in [0.4, 0.5) is 11.5 Å². The van der Waals surface area contributed by atoms with E-state index in [-0.39, 0.29) is 23.9 Å². The predicted molar refractivity (Wildman–Crippen MR) is 98.2 cm³/mol. The average molecular weight is 404 g/mol. The number of carbonyl (C=O) groups is 3. The summed E-state index contributed by atoms with van der Waals surface area (Å²) < 4.78 is 30.9. The summed E-state index contributed by atoms with van der Waals surface area (Å²) in [5, 5.41) is 2.58. The lowest BCUT2D eigenvalue weighted by Crippen LogP contribution is -2.43. The number of hydrogen-bond acceptors (Lipinski definition) is 7. The minimum atomic E-state index is -3.96. The number of anilines is 2. The summed E-state index contributed by atoms with van der Waals surface area (Å²) in [5.74, 6) is -0.947. The van der Waals surface area contributed by atoms with Crippen LogP contribution in [-0.4, -0.2) is 44.3 Å². The first kappa shape index (κ1) is 19.3. The number of sulfonamides is 1. The molecular formula is C17H16N4O6S. The SMILES string of the molecule is CC(=O)NS(=O)(=O)c1ccc(NC(=O)CN2C(=O)COc3cccnc32)cc1. The van der Waals surface area contributed by atoms with Gasteiger partial charge < -0.3 is 10.1 Å². The monoisotopic (exact) mass is 404 g/mol. The Kier molecular flexibility index (Phi) is 5.27. The van der Waals surface area contributed by atoms with Crippen molar-refractivity contribution in [2.45, 2.75) is 11.8 Å². The van der Waals surface area contributed by atoms with Crippen molar-refractivity contribution in [3.05, 3.63) is 42.6 Å². The van der Waals surface area contributed by atoms with Gasteiger partial charge in [-0.3, -0.25) is 19.3 Å². The smallest absolute Gasteiger partial charge is 0.266 e. The lowest BCUT2D eigenvalue weighted by Gasteiger charge is -2.27. The van der Waals surface area contributed by atoms with Crippen LogP contribution in [0.3, 0.4) is 0 Å². The molecule has 10 nitrogen and oxygen atoms in total. The van der Waals surface area contributed by atoms with Crippen LogP contribution in [0.15, 0.2) is 47.5 Å². The lowest BCUT2D eigenvalue weighted by atomic mass is 10.3. The zero-order chi connectivity index (χ0) is 20.3. The summed E-state index contributed by atoms with van der Waals surface area (Å²) in [6.45, 7) is 0.617. The molecule has 146 valence electrons. The first-order valence-electron chi connectivity index (χ1n) is 8.08. The number of nitrogens with zero attached hydrogens (tertiary/aromatic N) is 2. The highest BCUT2D eigenvalue weighted by atomic mass is 32.2. The molecule has 0 bridgehead atoms. The highest BCUT2D eigenvalue weighted by Crippen LogP contribution is 2.28. The van der Waals surface area contributed by atoms with Gasteiger partial charge in [-0.1, -0.05) is 0 Å². The predicted octanol–water partition coefficient (Wildman–Crippen LogP) is 0.270. The topological polar surface area (TPSA) is 135 Å². The van der Waals surface area contributed by atoms with Gasteiger partial charge in [0.1, 0.15) is 6.54 Å². The number of aromatic nitrogens is 1. The third kappa shape index (κ3) is 4.26. The molecule has 0 saturated heterocycles. The van der Waals surface area contributed by atoms with Crippen molar-refractivity contribution in [2.75, 3.05) is 23.4 Å². The summed E-state index contributed by atoms with van der Waals surface area (Å²) in [4.78, 5) is 40.5. The first-order valence-corrected chi connectivity index (χ1v) is 9.56. The fourth-order valence-electron chi connectivity index (χ4n) is 2.51. The molecule has 0 atom stereocenters. The quantitative estimate of drug-likeness (QED) is 0.730. The van der Waals surface area contributed by atoms with Gasteiger partial charge in [-0.2, -0.15) is 0 Å². The van der Waals surface area contributed by atoms with E-state index in [1.54, 1.807) is 12.1 Å². The van der Waals surface area contributed by atoms with Crippen molar-refractivity contribution >= 4 is 39.3 Å². The highest BCUT2D eigenvalue weighted by molar-refractivity contribution is 7.90. The Morgan fingerprint density at radius 3 is 2.61 bits per heavy atom. The second-order valence-corrected chi connectivity index (χ2v) is 7.51. The number of fused-ring (bicyclic) bond motifs is 1. The third-order valence-corrected chi connectivity index (χ3v) is 5.14. The molecule has 0 unspecified atom stereocenters. The number of nitrogens with one attached hydrogen (secondary N) is 2. The van der Waals surface area contributed by atoms with Crippen molar-refractivity contribution < 1.29 is 27.5 Å². The minimum Gasteiger partial charge on any atom is -0.480 e. The van der Waals surface area contributed by atoms with Crippen molar-refractivity contribution in [2.24, 2.45) is 0 Å². The van der Waals surface area contributed by atoms with Gasteiger partial charge in [0, 0.05) is 18.8 Å². The largest absolute Gasteiger partial charge is 0.480 e. The standard InChI is InChI=1S/C17H16N4O6S/c1-11(22)20-28(25,26)13-6-4-12(5-7-13)19-15(23)9-21-16(24)10-27-14-3-2-8-18-17(14)21/h2-8H,9-10H2,1H3,(H,19,23)(H,20,22). The maximum absolute atomic E-state index is 12.3. The maximum Gasteiger partial charge on any atom is 0.266 e. The zero-order valence-electron chi connectivity index (χ0n) is 14.7. The van der Waals surface area contributed by atoms with E-state index in [1.165, 1.54) is 35.4 Å². The van der Waals surface area contributed by atoms with Crippen LogP contribution >= 0.6 is 0 Å². The van der Waals surface area contributed by atoms with E-state index >= 15 is 0 Å². The van der Waals surface area contributed by atoms with Crippen LogP contribution in [0.5, 0.6) is 5.75 Å². The molecule has 2 heterocycles. The Labute approximate surface area is 160 Å². The van der Waals surface area contributed by atoms with Crippen LogP contribution < -0.4 is 19.7 Å². The maximum atomic E-state index is 12.3. The summed E-state index contributed by atoms with van der Waals surface area (Å²) in [6.07, 6.45) is 1.49. The number of ether oxygens (including phenoxy) is 1. The molecule has 3 rings (SSSR count). The van der Waals surface area contributed by atoms with Crippen molar-refractivity contribution in [3.63, 3.8) is 0 Å². The fourth-order valence-corrected chi connectivity index (χ4v) is 3.50. The van der Waals surface area contributed by atoms with Crippen LogP contribution in [0.1, 0.15) is 6.92 Å². The van der Waals surface area contributed by atoms with Crippen LogP contribution in [0.25, 0.3) is 0 Å². The van der Waals surface area contributed by atoms with E-state index in [9.17, 15) is 22.8 Å². The van der Waals surface area contributed by atoms with Gasteiger partial charge >= 0.3 is 0 Å². The Hall–Kier alpha value is -3.47. The second kappa shape index (κ2) is 7.64. The molecule has 11 heteroatoms. The number of benzene rings is 1. The molecule has 0 fully saturated rings. The van der Waals surface area contributed by atoms with E-state index < -0.39 is 27.7 Å². The van der Waals surface area contributed by atoms with E-state index in [0.29, 0.717) is 11.4 Å². The Morgan fingerprint density at radius 2 is 1.93 bits per heavy atom. The molecule has 0 spiro atoms. The summed E-state index contributed by atoms with van der Waals surface area (Å²) in [5.41, 5.74) is 0.328. The van der Waals surface area contributed by atoms with Gasteiger partial charge in [0.2, 0.25) is 11.8 Å². The van der Waals surface area contributed by atoms with E-state index in [4.69, 9.17) is 4.74 Å². The molecule has 28 heavy (non-hydrogen) atoms.